The molecule has 0 aromatic heterocycles. The number of allylic oxidation sites excluding steroid dienone is 2. The van der Waals surface area contributed by atoms with Crippen molar-refractivity contribution in [3.05, 3.63) is 34.9 Å². The van der Waals surface area contributed by atoms with Crippen molar-refractivity contribution >= 4 is 5.97 Å². The topological polar surface area (TPSA) is 51.2 Å². The number of nitrogens with zero attached hydrogens (tertiary/aromatic N) is 2. The van der Waals surface area contributed by atoms with Gasteiger partial charge >= 0.3 is 5.97 Å². The molecule has 0 bridgehead atoms. The molecule has 6 heteroatoms. The Labute approximate surface area is 196 Å². The van der Waals surface area contributed by atoms with Crippen molar-refractivity contribution in [2.75, 3.05) is 39.5 Å². The van der Waals surface area contributed by atoms with E-state index in [0.717, 1.165) is 63.6 Å². The molecule has 4 atom stereocenters. The van der Waals surface area contributed by atoms with Gasteiger partial charge in [0.15, 0.2) is 11.5 Å². The third-order valence-electron chi connectivity index (χ3n) is 8.94. The zero-order valence-corrected chi connectivity index (χ0v) is 20.0. The summed E-state index contributed by atoms with van der Waals surface area (Å²) in [7, 11) is 0. The number of carbonyl (C=O) groups excluding carboxylic acids is 1. The lowest BCUT2D eigenvalue weighted by molar-refractivity contribution is -0.145. The van der Waals surface area contributed by atoms with E-state index < -0.39 is 0 Å². The number of fused-ring (bicyclic) bond motifs is 3. The van der Waals surface area contributed by atoms with Crippen molar-refractivity contribution in [2.45, 2.75) is 58.6 Å². The molecule has 1 saturated carbocycles. The van der Waals surface area contributed by atoms with E-state index in [1.54, 1.807) is 11.1 Å². The van der Waals surface area contributed by atoms with E-state index in [4.69, 9.17) is 14.2 Å². The van der Waals surface area contributed by atoms with Crippen molar-refractivity contribution in [2.24, 2.45) is 17.3 Å². The molecule has 3 aliphatic heterocycles. The maximum absolute atomic E-state index is 12.9. The second-order valence-corrected chi connectivity index (χ2v) is 11.1. The zero-order chi connectivity index (χ0) is 22.6. The van der Waals surface area contributed by atoms with Gasteiger partial charge < -0.3 is 14.2 Å². The number of piperazine rings is 1. The maximum atomic E-state index is 12.9. The van der Waals surface area contributed by atoms with Crippen LogP contribution < -0.4 is 9.47 Å². The molecule has 0 spiro atoms. The Kier molecular flexibility index (Phi) is 5.41. The number of ether oxygens (including phenoxy) is 3. The van der Waals surface area contributed by atoms with E-state index in [0.29, 0.717) is 12.7 Å². The summed E-state index contributed by atoms with van der Waals surface area (Å²) in [5.74, 6) is 2.13. The standard InChI is InChI=1S/C27H36N2O4/c1-18-4-3-7-27(2)14-25-20(13-22(18)27)21(26(30)33-25)16-29-10-8-28(9-11-29)15-19-5-6-23-24(12-19)32-17-31-23/h5-6,12,20-21,25H,3-4,7-11,13-17H2,1-2H3/t20-,21?,25-,27-/m1/s1. The highest BCUT2D eigenvalue weighted by Crippen LogP contribution is 2.55. The van der Waals surface area contributed by atoms with E-state index >= 15 is 0 Å². The molecule has 2 aliphatic carbocycles. The van der Waals surface area contributed by atoms with Gasteiger partial charge in [0.2, 0.25) is 6.79 Å². The number of benzene rings is 1. The molecule has 178 valence electrons. The minimum absolute atomic E-state index is 0.0298. The second-order valence-electron chi connectivity index (χ2n) is 11.1. The molecule has 6 rings (SSSR count). The summed E-state index contributed by atoms with van der Waals surface area (Å²) in [5.41, 5.74) is 4.74. The molecule has 0 amide bonds. The van der Waals surface area contributed by atoms with Crippen molar-refractivity contribution in [1.82, 2.24) is 9.80 Å². The Morgan fingerprint density at radius 1 is 1.09 bits per heavy atom. The molecular weight excluding hydrogens is 416 g/mol. The van der Waals surface area contributed by atoms with Gasteiger partial charge in [-0.25, -0.2) is 0 Å². The Morgan fingerprint density at radius 3 is 2.73 bits per heavy atom. The van der Waals surface area contributed by atoms with Crippen LogP contribution in [0.4, 0.5) is 0 Å². The van der Waals surface area contributed by atoms with Gasteiger partial charge in [-0.15, -0.1) is 0 Å². The summed E-state index contributed by atoms with van der Waals surface area (Å²) in [6.45, 7) is 10.9. The first kappa shape index (κ1) is 21.5. The number of hydrogen-bond donors (Lipinski definition) is 0. The third-order valence-corrected chi connectivity index (χ3v) is 8.94. The SMILES string of the molecule is CC1=C2C[C@@H]3C(CN4CCN(Cc5ccc6c(c5)OCO6)CC4)C(=O)O[C@@H]3C[C@@]2(C)CCC1. The van der Waals surface area contributed by atoms with Crippen molar-refractivity contribution in [3.8, 4) is 11.5 Å². The average Bonchev–Trinajstić information content (AvgIpc) is 3.37. The van der Waals surface area contributed by atoms with Crippen LogP contribution in [-0.4, -0.2) is 61.4 Å². The molecule has 1 aromatic rings. The van der Waals surface area contributed by atoms with Crippen molar-refractivity contribution < 1.29 is 19.0 Å². The highest BCUT2D eigenvalue weighted by atomic mass is 16.7. The minimum atomic E-state index is 0.0298. The lowest BCUT2D eigenvalue weighted by Gasteiger charge is -2.46. The van der Waals surface area contributed by atoms with Gasteiger partial charge in [-0.05, 0) is 62.1 Å². The smallest absolute Gasteiger partial charge is 0.310 e. The van der Waals surface area contributed by atoms with Crippen LogP contribution in [0.15, 0.2) is 29.3 Å². The molecule has 2 saturated heterocycles. The average molecular weight is 453 g/mol. The van der Waals surface area contributed by atoms with Crippen LogP contribution >= 0.6 is 0 Å². The van der Waals surface area contributed by atoms with Crippen LogP contribution in [0.1, 0.15) is 51.5 Å². The second kappa shape index (κ2) is 8.31. The fraction of sp³-hybridized carbons (Fsp3) is 0.667. The molecular formula is C27H36N2O4. The van der Waals surface area contributed by atoms with E-state index in [1.807, 2.05) is 6.07 Å². The van der Waals surface area contributed by atoms with Crippen LogP contribution in [0.25, 0.3) is 0 Å². The van der Waals surface area contributed by atoms with E-state index in [-0.39, 0.29) is 23.4 Å². The molecule has 0 N–H and O–H groups in total. The Balaban J connectivity index is 1.06. The van der Waals surface area contributed by atoms with Crippen LogP contribution in [0.2, 0.25) is 0 Å². The fourth-order valence-corrected chi connectivity index (χ4v) is 7.03. The zero-order valence-electron chi connectivity index (χ0n) is 20.0. The molecule has 5 aliphatic rings. The van der Waals surface area contributed by atoms with Gasteiger partial charge in [0.05, 0.1) is 5.92 Å². The summed E-state index contributed by atoms with van der Waals surface area (Å²) in [6, 6.07) is 6.24. The summed E-state index contributed by atoms with van der Waals surface area (Å²) < 4.78 is 16.9. The van der Waals surface area contributed by atoms with Crippen molar-refractivity contribution in [1.29, 1.82) is 0 Å². The van der Waals surface area contributed by atoms with E-state index in [2.05, 4.69) is 35.8 Å². The lowest BCUT2D eigenvalue weighted by atomic mass is 9.59. The van der Waals surface area contributed by atoms with Crippen molar-refractivity contribution in [3.63, 3.8) is 0 Å². The van der Waals surface area contributed by atoms with E-state index in [1.165, 1.54) is 24.8 Å². The van der Waals surface area contributed by atoms with Crippen LogP contribution in [0, 0.1) is 17.3 Å². The summed E-state index contributed by atoms with van der Waals surface area (Å²) in [4.78, 5) is 17.9. The van der Waals surface area contributed by atoms with Gasteiger partial charge in [0.1, 0.15) is 6.10 Å². The molecule has 33 heavy (non-hydrogen) atoms. The maximum Gasteiger partial charge on any atom is 0.310 e. The van der Waals surface area contributed by atoms with Gasteiger partial charge in [0.25, 0.3) is 0 Å². The molecule has 3 heterocycles. The quantitative estimate of drug-likeness (QED) is 0.509. The first-order valence-electron chi connectivity index (χ1n) is 12.7. The molecule has 3 fully saturated rings. The lowest BCUT2D eigenvalue weighted by Crippen LogP contribution is -2.49. The summed E-state index contributed by atoms with van der Waals surface area (Å²) in [5, 5.41) is 0. The summed E-state index contributed by atoms with van der Waals surface area (Å²) in [6.07, 6.45) is 5.96. The first-order chi connectivity index (χ1) is 16.0. The predicted molar refractivity (Wildman–Crippen MR) is 125 cm³/mol. The van der Waals surface area contributed by atoms with E-state index in [9.17, 15) is 4.79 Å². The monoisotopic (exact) mass is 452 g/mol. The number of carbonyl (C=O) groups is 1. The molecule has 0 radical (unpaired) electrons. The normalized spacial score (nSPS) is 34.2. The van der Waals surface area contributed by atoms with Crippen LogP contribution in [0.5, 0.6) is 11.5 Å². The molecule has 6 nitrogen and oxygen atoms in total. The van der Waals surface area contributed by atoms with Gasteiger partial charge in [-0.2, -0.15) is 0 Å². The highest BCUT2D eigenvalue weighted by molar-refractivity contribution is 5.76. The predicted octanol–water partition coefficient (Wildman–Crippen LogP) is 3.99. The number of hydrogen-bond acceptors (Lipinski definition) is 6. The molecule has 1 aromatic carbocycles. The fourth-order valence-electron chi connectivity index (χ4n) is 7.03. The third kappa shape index (κ3) is 3.95. The number of esters is 1. The Bertz CT molecular complexity index is 967. The number of rotatable bonds is 4. The minimum Gasteiger partial charge on any atom is -0.462 e. The Morgan fingerprint density at radius 2 is 1.88 bits per heavy atom. The van der Waals surface area contributed by atoms with Gasteiger partial charge in [-0.3, -0.25) is 14.6 Å². The largest absolute Gasteiger partial charge is 0.462 e. The Hall–Kier alpha value is -2.05. The molecule has 1 unspecified atom stereocenters. The van der Waals surface area contributed by atoms with Gasteiger partial charge in [-0.1, -0.05) is 24.1 Å². The van der Waals surface area contributed by atoms with Crippen LogP contribution in [0.3, 0.4) is 0 Å². The summed E-state index contributed by atoms with van der Waals surface area (Å²) >= 11 is 0. The van der Waals surface area contributed by atoms with Gasteiger partial charge in [0, 0.05) is 45.2 Å². The highest BCUT2D eigenvalue weighted by Gasteiger charge is 2.53. The first-order valence-corrected chi connectivity index (χ1v) is 12.7. The van der Waals surface area contributed by atoms with Crippen LogP contribution in [-0.2, 0) is 16.1 Å².